The first-order chi connectivity index (χ1) is 13.9. The first-order valence-electron chi connectivity index (χ1n) is 12.0. The Hall–Kier alpha value is -1.56. The van der Waals surface area contributed by atoms with E-state index in [4.69, 9.17) is 0 Å². The molecule has 0 heterocycles. The zero-order chi connectivity index (χ0) is 19.9. The predicted octanol–water partition coefficient (Wildman–Crippen LogP) is 9.28. The minimum Gasteiger partial charge on any atom is -0.0654 e. The van der Waals surface area contributed by atoms with Gasteiger partial charge in [0.25, 0.3) is 0 Å². The molecule has 154 valence electrons. The third-order valence-electron chi connectivity index (χ3n) is 6.18. The highest BCUT2D eigenvalue weighted by Crippen LogP contribution is 2.40. The van der Waals surface area contributed by atoms with E-state index in [1.165, 1.54) is 77.0 Å². The van der Waals surface area contributed by atoms with E-state index in [9.17, 15) is 0 Å². The van der Waals surface area contributed by atoms with Crippen molar-refractivity contribution in [3.63, 3.8) is 0 Å². The molecule has 0 fully saturated rings. The summed E-state index contributed by atoms with van der Waals surface area (Å²) in [6.07, 6.45) is 16.3. The van der Waals surface area contributed by atoms with Gasteiger partial charge in [-0.05, 0) is 35.8 Å². The molecule has 0 heteroatoms. The largest absolute Gasteiger partial charge is 0.0654 e. The third-order valence-corrected chi connectivity index (χ3v) is 6.18. The molecule has 2 aromatic rings. The summed E-state index contributed by atoms with van der Waals surface area (Å²) in [6.45, 7) is 4.60. The summed E-state index contributed by atoms with van der Waals surface area (Å²) in [5.74, 6) is 1.30. The second kappa shape index (κ2) is 14.4. The van der Waals surface area contributed by atoms with Crippen molar-refractivity contribution in [1.29, 1.82) is 0 Å². The van der Waals surface area contributed by atoms with Gasteiger partial charge in [0.2, 0.25) is 0 Å². The van der Waals surface area contributed by atoms with Crippen LogP contribution in [0.15, 0.2) is 60.7 Å². The molecule has 2 unspecified atom stereocenters. The average molecular weight is 379 g/mol. The molecule has 0 bridgehead atoms. The number of hydrogen-bond acceptors (Lipinski definition) is 0. The van der Waals surface area contributed by atoms with Crippen molar-refractivity contribution in [1.82, 2.24) is 0 Å². The molecule has 0 amide bonds. The van der Waals surface area contributed by atoms with E-state index in [0.717, 1.165) is 0 Å². The molecular weight excluding hydrogens is 336 g/mol. The van der Waals surface area contributed by atoms with Crippen LogP contribution in [0.4, 0.5) is 0 Å². The van der Waals surface area contributed by atoms with E-state index in [1.54, 1.807) is 11.1 Å². The molecular formula is C28H42. The van der Waals surface area contributed by atoms with Crippen molar-refractivity contribution < 1.29 is 0 Å². The quantitative estimate of drug-likeness (QED) is 0.271. The van der Waals surface area contributed by atoms with Gasteiger partial charge in [0, 0.05) is 0 Å². The van der Waals surface area contributed by atoms with Crippen LogP contribution < -0.4 is 0 Å². The summed E-state index contributed by atoms with van der Waals surface area (Å²) in [6, 6.07) is 22.7. The minimum absolute atomic E-state index is 0.649. The maximum Gasteiger partial charge on any atom is -0.00931 e. The van der Waals surface area contributed by atoms with E-state index in [1.807, 2.05) is 0 Å². The predicted molar refractivity (Wildman–Crippen MR) is 125 cm³/mol. The normalized spacial score (nSPS) is 13.4. The molecule has 0 saturated heterocycles. The molecule has 0 spiro atoms. The molecule has 0 saturated carbocycles. The lowest BCUT2D eigenvalue weighted by Gasteiger charge is -2.29. The molecule has 2 rings (SSSR count). The van der Waals surface area contributed by atoms with Gasteiger partial charge in [0.1, 0.15) is 0 Å². The number of hydrogen-bond donors (Lipinski definition) is 0. The molecule has 0 radical (unpaired) electrons. The van der Waals surface area contributed by atoms with Crippen LogP contribution in [0.5, 0.6) is 0 Å². The van der Waals surface area contributed by atoms with Gasteiger partial charge in [-0.25, -0.2) is 0 Å². The van der Waals surface area contributed by atoms with Crippen LogP contribution in [-0.2, 0) is 0 Å². The zero-order valence-corrected chi connectivity index (χ0v) is 18.4. The van der Waals surface area contributed by atoms with Crippen LogP contribution >= 0.6 is 0 Å². The van der Waals surface area contributed by atoms with Gasteiger partial charge >= 0.3 is 0 Å². The number of unbranched alkanes of at least 4 members (excludes halogenated alkanes) is 8. The fourth-order valence-electron chi connectivity index (χ4n) is 4.54. The molecule has 2 atom stereocenters. The SMILES string of the molecule is CCCCCCCC(c1ccccc1)C(CCCCCCC)c1ccccc1. The first-order valence-corrected chi connectivity index (χ1v) is 12.0. The Morgan fingerprint density at radius 2 is 0.821 bits per heavy atom. The lowest BCUT2D eigenvalue weighted by Crippen LogP contribution is -2.12. The van der Waals surface area contributed by atoms with Crippen molar-refractivity contribution in [3.05, 3.63) is 71.8 Å². The smallest absolute Gasteiger partial charge is 0.00931 e. The minimum atomic E-state index is 0.649. The Morgan fingerprint density at radius 1 is 0.464 bits per heavy atom. The topological polar surface area (TPSA) is 0 Å². The summed E-state index contributed by atoms with van der Waals surface area (Å²) in [4.78, 5) is 0. The summed E-state index contributed by atoms with van der Waals surface area (Å²) in [5.41, 5.74) is 3.08. The van der Waals surface area contributed by atoms with Crippen LogP contribution in [0, 0.1) is 0 Å². The van der Waals surface area contributed by atoms with Crippen LogP contribution in [0.25, 0.3) is 0 Å². The van der Waals surface area contributed by atoms with E-state index in [2.05, 4.69) is 74.5 Å². The molecule has 0 nitrogen and oxygen atoms in total. The first kappa shape index (κ1) is 22.7. The summed E-state index contributed by atoms with van der Waals surface area (Å²) in [5, 5.41) is 0. The van der Waals surface area contributed by atoms with Crippen LogP contribution in [0.3, 0.4) is 0 Å². The van der Waals surface area contributed by atoms with Gasteiger partial charge < -0.3 is 0 Å². The highest BCUT2D eigenvalue weighted by molar-refractivity contribution is 5.28. The molecule has 0 N–H and O–H groups in total. The van der Waals surface area contributed by atoms with Gasteiger partial charge in [0.05, 0.1) is 0 Å². The Balaban J connectivity index is 2.11. The van der Waals surface area contributed by atoms with E-state index in [-0.39, 0.29) is 0 Å². The zero-order valence-electron chi connectivity index (χ0n) is 18.4. The molecule has 2 aromatic carbocycles. The Kier molecular flexibility index (Phi) is 11.7. The second-order valence-corrected chi connectivity index (χ2v) is 8.44. The second-order valence-electron chi connectivity index (χ2n) is 8.44. The van der Waals surface area contributed by atoms with Crippen LogP contribution in [-0.4, -0.2) is 0 Å². The van der Waals surface area contributed by atoms with Crippen molar-refractivity contribution >= 4 is 0 Å². The maximum atomic E-state index is 2.36. The molecule has 0 aliphatic rings. The summed E-state index contributed by atoms with van der Waals surface area (Å²) >= 11 is 0. The number of benzene rings is 2. The Labute approximate surface area is 174 Å². The maximum absolute atomic E-state index is 2.36. The lowest BCUT2D eigenvalue weighted by atomic mass is 9.76. The molecule has 0 aromatic heterocycles. The van der Waals surface area contributed by atoms with Crippen LogP contribution in [0.2, 0.25) is 0 Å². The molecule has 28 heavy (non-hydrogen) atoms. The fraction of sp³-hybridized carbons (Fsp3) is 0.571. The highest BCUT2D eigenvalue weighted by atomic mass is 14.3. The van der Waals surface area contributed by atoms with E-state index in [0.29, 0.717) is 11.8 Å². The third kappa shape index (κ3) is 8.21. The average Bonchev–Trinajstić information content (AvgIpc) is 2.75. The lowest BCUT2D eigenvalue weighted by molar-refractivity contribution is 0.434. The Bertz CT molecular complexity index is 530. The van der Waals surface area contributed by atoms with Gasteiger partial charge in [-0.15, -0.1) is 0 Å². The van der Waals surface area contributed by atoms with Crippen molar-refractivity contribution in [2.75, 3.05) is 0 Å². The number of rotatable bonds is 15. The monoisotopic (exact) mass is 378 g/mol. The van der Waals surface area contributed by atoms with Gasteiger partial charge in [-0.3, -0.25) is 0 Å². The van der Waals surface area contributed by atoms with Gasteiger partial charge in [0.15, 0.2) is 0 Å². The Morgan fingerprint density at radius 3 is 1.18 bits per heavy atom. The highest BCUT2D eigenvalue weighted by Gasteiger charge is 2.24. The fourth-order valence-corrected chi connectivity index (χ4v) is 4.54. The summed E-state index contributed by atoms with van der Waals surface area (Å²) < 4.78 is 0. The van der Waals surface area contributed by atoms with E-state index < -0.39 is 0 Å². The van der Waals surface area contributed by atoms with Crippen molar-refractivity contribution in [2.45, 2.75) is 103 Å². The van der Waals surface area contributed by atoms with Gasteiger partial charge in [-0.1, -0.05) is 139 Å². The standard InChI is InChI=1S/C28H42/c1-3-5-7-9-17-23-27(25-19-13-11-14-20-25)28(24-18-10-8-6-4-2)26-21-15-12-16-22-26/h11-16,19-22,27-28H,3-10,17-18,23-24H2,1-2H3. The summed E-state index contributed by atoms with van der Waals surface area (Å²) in [7, 11) is 0. The van der Waals surface area contributed by atoms with Crippen molar-refractivity contribution in [2.24, 2.45) is 0 Å². The van der Waals surface area contributed by atoms with Gasteiger partial charge in [-0.2, -0.15) is 0 Å². The molecule has 0 aliphatic heterocycles. The molecule has 0 aliphatic carbocycles. The van der Waals surface area contributed by atoms with Crippen molar-refractivity contribution in [3.8, 4) is 0 Å². The van der Waals surface area contributed by atoms with Crippen LogP contribution in [0.1, 0.15) is 114 Å². The van der Waals surface area contributed by atoms with E-state index >= 15 is 0 Å².